The summed E-state index contributed by atoms with van der Waals surface area (Å²) in [6.45, 7) is 24.7. The molecule has 0 amide bonds. The van der Waals surface area contributed by atoms with Crippen molar-refractivity contribution in [2.75, 3.05) is 4.90 Å². The van der Waals surface area contributed by atoms with Crippen molar-refractivity contribution >= 4 is 62.0 Å². The maximum atomic E-state index is 7.61. The highest BCUT2D eigenvalue weighted by atomic mass is 16.5. The summed E-state index contributed by atoms with van der Waals surface area (Å²) in [7, 11) is 2.20. The largest absolute Gasteiger partial charge is 0.458 e. The molecule has 0 bridgehead atoms. The van der Waals surface area contributed by atoms with Crippen molar-refractivity contribution in [2.24, 2.45) is 7.05 Å². The van der Waals surface area contributed by atoms with E-state index in [1.54, 1.807) is 0 Å². The molecule has 2 aliphatic heterocycles. The quantitative estimate of drug-likeness (QED) is 0.166. The van der Waals surface area contributed by atoms with Crippen molar-refractivity contribution in [3.8, 4) is 34.1 Å². The number of hydrogen-bond acceptors (Lipinski definition) is 3. The second-order valence-electron chi connectivity index (χ2n) is 20.9. The maximum absolute atomic E-state index is 7.61. The van der Waals surface area contributed by atoms with Crippen LogP contribution in [0.1, 0.15) is 90.1 Å². The van der Waals surface area contributed by atoms with Gasteiger partial charge in [0.1, 0.15) is 23.0 Å². The lowest BCUT2D eigenvalue weighted by Crippen LogP contribution is -2.57. The smallest absolute Gasteiger partial charge is 0.260 e. The van der Waals surface area contributed by atoms with Gasteiger partial charge in [0.25, 0.3) is 6.71 Å². The summed E-state index contributed by atoms with van der Waals surface area (Å²) in [4.78, 5) is 2.46. The van der Waals surface area contributed by atoms with E-state index in [1.807, 2.05) is 0 Å². The third-order valence-electron chi connectivity index (χ3n) is 13.2. The molecule has 0 spiro atoms. The minimum Gasteiger partial charge on any atom is -0.458 e. The van der Waals surface area contributed by atoms with Crippen LogP contribution in [0, 0.1) is 13.8 Å². The van der Waals surface area contributed by atoms with Gasteiger partial charge in [-0.1, -0.05) is 146 Å². The molecule has 0 fully saturated rings. The molecule has 7 aromatic carbocycles. The zero-order valence-corrected chi connectivity index (χ0v) is 38.4. The average Bonchev–Trinajstić information content (AvgIpc) is 3.50. The van der Waals surface area contributed by atoms with Crippen LogP contribution in [-0.4, -0.2) is 11.3 Å². The van der Waals surface area contributed by atoms with Gasteiger partial charge in [0.2, 0.25) is 0 Å². The molecular formula is C57H57BN2O2. The SMILES string of the molecule is Cc1cc(C)cc(-c2cc3c4c(c2)Oc2c(cc5c(c2N(c2ccc(C(C)(C)C)cc2)c2ccc(C(C)(C)C)cc2)c2ccccc2n5C)B4c2cc(C(C)(C)C)ccc2O3)c1. The van der Waals surface area contributed by atoms with E-state index >= 15 is 0 Å². The Hall–Kier alpha value is -6.20. The van der Waals surface area contributed by atoms with Crippen molar-refractivity contribution in [3.05, 3.63) is 155 Å². The highest BCUT2D eigenvalue weighted by molar-refractivity contribution is 6.98. The fourth-order valence-electron chi connectivity index (χ4n) is 9.86. The van der Waals surface area contributed by atoms with Crippen LogP contribution < -0.4 is 30.8 Å². The van der Waals surface area contributed by atoms with Crippen LogP contribution in [0.3, 0.4) is 0 Å². The number of aromatic nitrogens is 1. The van der Waals surface area contributed by atoms with Gasteiger partial charge in [-0.15, -0.1) is 0 Å². The number of aryl methyl sites for hydroxylation is 3. The molecule has 310 valence electrons. The summed E-state index contributed by atoms with van der Waals surface area (Å²) >= 11 is 0. The molecule has 0 unspecified atom stereocenters. The molecule has 5 heteroatoms. The highest BCUT2D eigenvalue weighted by Crippen LogP contribution is 2.51. The highest BCUT2D eigenvalue weighted by Gasteiger charge is 2.44. The van der Waals surface area contributed by atoms with E-state index in [4.69, 9.17) is 9.47 Å². The zero-order valence-electron chi connectivity index (χ0n) is 38.4. The van der Waals surface area contributed by atoms with E-state index in [-0.39, 0.29) is 23.0 Å². The lowest BCUT2D eigenvalue weighted by atomic mass is 9.34. The Morgan fingerprint density at radius 2 is 1.03 bits per heavy atom. The predicted octanol–water partition coefficient (Wildman–Crippen LogP) is 13.7. The summed E-state index contributed by atoms with van der Waals surface area (Å²) in [6.07, 6.45) is 0. The fraction of sp³-hybridized carbons (Fsp3) is 0.263. The van der Waals surface area contributed by atoms with Crippen molar-refractivity contribution in [2.45, 2.75) is 92.4 Å². The third kappa shape index (κ3) is 6.51. The number of benzene rings is 7. The summed E-state index contributed by atoms with van der Waals surface area (Å²) in [5, 5.41) is 2.35. The Morgan fingerprint density at radius 1 is 0.500 bits per heavy atom. The van der Waals surface area contributed by atoms with Gasteiger partial charge in [-0.2, -0.15) is 0 Å². The average molecular weight is 813 g/mol. The molecule has 1 aromatic heterocycles. The lowest BCUT2D eigenvalue weighted by molar-refractivity contribution is 0.465. The number of ether oxygens (including phenoxy) is 2. The second kappa shape index (κ2) is 13.9. The van der Waals surface area contributed by atoms with Crippen LogP contribution in [-0.2, 0) is 23.3 Å². The lowest BCUT2D eigenvalue weighted by Gasteiger charge is -2.37. The van der Waals surface area contributed by atoms with Crippen LogP contribution in [0.15, 0.2) is 127 Å². The Kier molecular flexibility index (Phi) is 8.95. The maximum Gasteiger partial charge on any atom is 0.260 e. The topological polar surface area (TPSA) is 26.6 Å². The summed E-state index contributed by atoms with van der Waals surface area (Å²) in [5.74, 6) is 3.42. The number of para-hydroxylation sites is 1. The molecule has 0 aliphatic carbocycles. The van der Waals surface area contributed by atoms with Crippen LogP contribution in [0.5, 0.6) is 23.0 Å². The monoisotopic (exact) mass is 812 g/mol. The second-order valence-corrected chi connectivity index (χ2v) is 20.9. The summed E-state index contributed by atoms with van der Waals surface area (Å²) in [5.41, 5.74) is 17.4. The van der Waals surface area contributed by atoms with E-state index in [0.717, 1.165) is 78.5 Å². The van der Waals surface area contributed by atoms with E-state index < -0.39 is 0 Å². The van der Waals surface area contributed by atoms with Gasteiger partial charge in [0, 0.05) is 40.2 Å². The predicted molar refractivity (Wildman–Crippen MR) is 264 cm³/mol. The molecule has 62 heavy (non-hydrogen) atoms. The number of fused-ring (bicyclic) bond motifs is 7. The third-order valence-corrected chi connectivity index (χ3v) is 13.2. The van der Waals surface area contributed by atoms with Gasteiger partial charge in [-0.25, -0.2) is 0 Å². The van der Waals surface area contributed by atoms with Gasteiger partial charge in [0.05, 0.1) is 11.2 Å². The Balaban J connectivity index is 1.34. The van der Waals surface area contributed by atoms with Gasteiger partial charge in [-0.3, -0.25) is 0 Å². The number of hydrogen-bond donors (Lipinski definition) is 0. The van der Waals surface area contributed by atoms with Gasteiger partial charge >= 0.3 is 0 Å². The van der Waals surface area contributed by atoms with Crippen molar-refractivity contribution in [3.63, 3.8) is 0 Å². The standard InChI is InChI=1S/C57H57BN2O2/c1-34-27-35(2)29-36(28-34)37-30-49-52-50(31-37)62-54-45(58(52)44-32-40(57(9,10)11)21-26-48(44)61-49)33-47-51(43-15-13-14-16-46(43)59(47)12)53(54)60(41-22-17-38(18-23-41)55(3,4)5)42-24-19-39(20-25-42)56(6,7)8/h13-33H,1-12H3. The first kappa shape index (κ1) is 39.9. The molecule has 10 rings (SSSR count). The van der Waals surface area contributed by atoms with Gasteiger partial charge < -0.3 is 18.9 Å². The number of anilines is 3. The molecule has 0 N–H and O–H groups in total. The van der Waals surface area contributed by atoms with Gasteiger partial charge in [-0.05, 0) is 123 Å². The van der Waals surface area contributed by atoms with Crippen LogP contribution in [0.25, 0.3) is 32.9 Å². The molecule has 0 saturated heterocycles. The van der Waals surface area contributed by atoms with Crippen LogP contribution in [0.4, 0.5) is 17.1 Å². The van der Waals surface area contributed by atoms with E-state index in [0.29, 0.717) is 0 Å². The number of nitrogens with zero attached hydrogens (tertiary/aromatic N) is 2. The first-order valence-electron chi connectivity index (χ1n) is 22.2. The Morgan fingerprint density at radius 3 is 1.61 bits per heavy atom. The van der Waals surface area contributed by atoms with Crippen LogP contribution >= 0.6 is 0 Å². The van der Waals surface area contributed by atoms with Gasteiger partial charge in [0.15, 0.2) is 0 Å². The van der Waals surface area contributed by atoms with Crippen LogP contribution in [0.2, 0.25) is 0 Å². The van der Waals surface area contributed by atoms with E-state index in [9.17, 15) is 0 Å². The molecule has 0 atom stereocenters. The first-order chi connectivity index (χ1) is 29.3. The normalized spacial score (nSPS) is 13.4. The molecule has 0 saturated carbocycles. The van der Waals surface area contributed by atoms with E-state index in [1.165, 1.54) is 38.7 Å². The Bertz CT molecular complexity index is 3020. The number of rotatable bonds is 4. The molecule has 3 heterocycles. The molecule has 0 radical (unpaired) electrons. The van der Waals surface area contributed by atoms with E-state index in [2.05, 4.69) is 220 Å². The van der Waals surface area contributed by atoms with Crippen molar-refractivity contribution in [1.29, 1.82) is 0 Å². The fourth-order valence-corrected chi connectivity index (χ4v) is 9.86. The zero-order chi connectivity index (χ0) is 43.6. The molecule has 8 aromatic rings. The first-order valence-corrected chi connectivity index (χ1v) is 22.2. The molecular weight excluding hydrogens is 755 g/mol. The molecule has 4 nitrogen and oxygen atoms in total. The van der Waals surface area contributed by atoms with Crippen molar-refractivity contribution < 1.29 is 9.47 Å². The Labute approximate surface area is 368 Å². The summed E-state index contributed by atoms with van der Waals surface area (Å²) < 4.78 is 17.0. The van der Waals surface area contributed by atoms with Crippen molar-refractivity contribution in [1.82, 2.24) is 4.57 Å². The minimum absolute atomic E-state index is 0.00689. The molecule has 2 aliphatic rings. The minimum atomic E-state index is -0.141. The summed E-state index contributed by atoms with van der Waals surface area (Å²) in [6, 6.07) is 47.6.